The van der Waals surface area contributed by atoms with E-state index in [1.807, 2.05) is 18.2 Å². The van der Waals surface area contributed by atoms with Gasteiger partial charge in [-0.3, -0.25) is 9.52 Å². The zero-order valence-corrected chi connectivity index (χ0v) is 25.0. The summed E-state index contributed by atoms with van der Waals surface area (Å²) in [5.74, 6) is 4.90. The van der Waals surface area contributed by atoms with Crippen LogP contribution < -0.4 is 14.4 Å². The fraction of sp³-hybridized carbons (Fsp3) is 0.562. The van der Waals surface area contributed by atoms with Crippen molar-refractivity contribution in [1.29, 1.82) is 0 Å². The molecule has 0 aromatic heterocycles. The molecule has 1 amide bonds. The highest BCUT2D eigenvalue weighted by Gasteiger charge is 2.49. The van der Waals surface area contributed by atoms with Gasteiger partial charge in [0.25, 0.3) is 5.91 Å². The molecule has 1 spiro atoms. The summed E-state index contributed by atoms with van der Waals surface area (Å²) in [5, 5.41) is 12.1. The zero-order valence-electron chi connectivity index (χ0n) is 23.4. The molecule has 0 radical (unpaired) electrons. The minimum atomic E-state index is -2.76. The summed E-state index contributed by atoms with van der Waals surface area (Å²) in [6.07, 6.45) is 7.95. The number of hydrogen-bond acceptors (Lipinski definition) is 5. The second kappa shape index (κ2) is 10.6. The van der Waals surface area contributed by atoms with Crippen LogP contribution in [0.1, 0.15) is 79.8 Å². The molecule has 2 N–H and O–H groups in total. The number of aliphatic hydroxyl groups is 1. The van der Waals surface area contributed by atoms with Gasteiger partial charge >= 0.3 is 0 Å². The molecule has 216 valence electrons. The van der Waals surface area contributed by atoms with E-state index in [2.05, 4.69) is 34.5 Å². The average molecular weight is 585 g/mol. The van der Waals surface area contributed by atoms with E-state index >= 15 is 0 Å². The molecule has 1 unspecified atom stereocenters. The van der Waals surface area contributed by atoms with E-state index in [0.29, 0.717) is 30.3 Å². The van der Waals surface area contributed by atoms with Gasteiger partial charge < -0.3 is 14.7 Å². The Hall–Kier alpha value is -2.22. The molecule has 2 heterocycles. The van der Waals surface area contributed by atoms with E-state index in [4.69, 9.17) is 16.3 Å². The summed E-state index contributed by atoms with van der Waals surface area (Å²) in [4.78, 5) is 15.7. The third-order valence-corrected chi connectivity index (χ3v) is 11.9. The maximum atomic E-state index is 13.3. The smallest absolute Gasteiger partial charge is 0.262 e. The van der Waals surface area contributed by atoms with Gasteiger partial charge in [-0.1, -0.05) is 37.4 Å². The summed E-state index contributed by atoms with van der Waals surface area (Å²) in [7, 11) is -2.76. The molecule has 6 rings (SSSR count). The van der Waals surface area contributed by atoms with E-state index in [1.165, 1.54) is 11.1 Å². The number of fused-ring (bicyclic) bond motifs is 4. The van der Waals surface area contributed by atoms with Crippen LogP contribution in [0.15, 0.2) is 36.4 Å². The van der Waals surface area contributed by atoms with E-state index in [0.717, 1.165) is 80.9 Å². The number of benzene rings is 2. The van der Waals surface area contributed by atoms with Crippen LogP contribution in [0.3, 0.4) is 0 Å². The third-order valence-electron chi connectivity index (χ3n) is 10.2. The molecule has 2 aliphatic carbocycles. The lowest BCUT2D eigenvalue weighted by Crippen LogP contribution is -2.54. The van der Waals surface area contributed by atoms with Crippen LogP contribution in [-0.4, -0.2) is 52.6 Å². The van der Waals surface area contributed by atoms with Gasteiger partial charge in [-0.05, 0) is 104 Å². The molecule has 5 atom stereocenters. The van der Waals surface area contributed by atoms with Gasteiger partial charge in [0.05, 0.1) is 18.4 Å². The summed E-state index contributed by atoms with van der Waals surface area (Å²) in [5.41, 5.74) is 3.58. The number of carbonyl (C=O) groups is 1. The topological polar surface area (TPSA) is 78.9 Å². The highest BCUT2D eigenvalue weighted by Crippen LogP contribution is 2.52. The molecule has 40 heavy (non-hydrogen) atoms. The molecule has 2 bridgehead atoms. The van der Waals surface area contributed by atoms with Gasteiger partial charge in [-0.25, -0.2) is 4.21 Å². The monoisotopic (exact) mass is 584 g/mol. The summed E-state index contributed by atoms with van der Waals surface area (Å²) < 4.78 is 22.4. The number of aryl methyl sites for hydroxylation is 1. The Morgan fingerprint density at radius 3 is 2.77 bits per heavy atom. The van der Waals surface area contributed by atoms with Gasteiger partial charge in [-0.15, -0.1) is 0 Å². The van der Waals surface area contributed by atoms with Crippen molar-refractivity contribution in [2.45, 2.75) is 76.2 Å². The molecular formula is C32H41ClN2O4S. The van der Waals surface area contributed by atoms with Gasteiger partial charge in [0, 0.05) is 44.6 Å². The largest absolute Gasteiger partial charge is 0.490 e. The quantitative estimate of drug-likeness (QED) is 0.398. The van der Waals surface area contributed by atoms with Crippen molar-refractivity contribution >= 4 is 38.8 Å². The van der Waals surface area contributed by atoms with Crippen molar-refractivity contribution in [3.63, 3.8) is 0 Å². The summed E-state index contributed by atoms with van der Waals surface area (Å²) in [6, 6.07) is 11.8. The average Bonchev–Trinajstić information content (AvgIpc) is 3.06. The van der Waals surface area contributed by atoms with Crippen LogP contribution in [0.5, 0.6) is 5.75 Å². The molecule has 0 saturated heterocycles. The minimum Gasteiger partial charge on any atom is -0.490 e. The molecule has 2 aliphatic heterocycles. The van der Waals surface area contributed by atoms with Gasteiger partial charge in [0.2, 0.25) is 0 Å². The van der Waals surface area contributed by atoms with Crippen LogP contribution in [-0.2, 0) is 21.5 Å². The number of anilines is 1. The first-order valence-electron chi connectivity index (χ1n) is 14.7. The van der Waals surface area contributed by atoms with E-state index in [1.54, 1.807) is 6.07 Å². The number of aliphatic hydroxyl groups excluding tert-OH is 1. The summed E-state index contributed by atoms with van der Waals surface area (Å²) >= 11 is 6.40. The second-order valence-corrected chi connectivity index (χ2v) is 15.5. The molecule has 6 nitrogen and oxygen atoms in total. The maximum absolute atomic E-state index is 13.3. The van der Waals surface area contributed by atoms with Crippen molar-refractivity contribution in [3.8, 4) is 5.75 Å². The second-order valence-electron chi connectivity index (χ2n) is 12.8. The third kappa shape index (κ3) is 5.14. The Kier molecular flexibility index (Phi) is 7.37. The maximum Gasteiger partial charge on any atom is 0.262 e. The fourth-order valence-electron chi connectivity index (χ4n) is 7.52. The first-order valence-corrected chi connectivity index (χ1v) is 17.0. The fourth-order valence-corrected chi connectivity index (χ4v) is 8.94. The number of amides is 1. The normalized spacial score (nSPS) is 34.5. The standard InChI is InChI=1S/C32H41ClN2O4S/c1-31-15-13-24(31)19-35-20-32(14-6-7-22-17-25(33)10-11-26(22)32)21-39-28-12-9-23(18-27(28)35)30(37)34-40(2,38)16-5-3-4-8-29(31)36/h9-12,17-18,24,29,36H,2-8,13-16,19-21H2,1H3,(H,34,37,38)/t24-,29-,31-,32+,40?/m1/s1. The highest BCUT2D eigenvalue weighted by molar-refractivity contribution is 7.99. The Morgan fingerprint density at radius 2 is 1.98 bits per heavy atom. The zero-order chi connectivity index (χ0) is 28.1. The molecule has 1 fully saturated rings. The highest BCUT2D eigenvalue weighted by atomic mass is 35.5. The van der Waals surface area contributed by atoms with E-state index in [-0.39, 0.29) is 22.8 Å². The SMILES string of the molecule is C=S1(=O)CCCCC[C@@H](O)[C@]2(C)CC[C@@H]2CN2C[C@@]3(CCCc4cc(Cl)ccc43)COc3ccc(cc32)C(=O)N1. The molecule has 8 heteroatoms. The van der Waals surface area contributed by atoms with Gasteiger partial charge in [-0.2, -0.15) is 0 Å². The number of nitrogens with zero attached hydrogens (tertiary/aromatic N) is 1. The predicted octanol–water partition coefficient (Wildman–Crippen LogP) is 5.53. The lowest BCUT2D eigenvalue weighted by molar-refractivity contribution is -0.0757. The van der Waals surface area contributed by atoms with Crippen molar-refractivity contribution < 1.29 is 18.8 Å². The molecule has 4 aliphatic rings. The Morgan fingerprint density at radius 1 is 1.12 bits per heavy atom. The number of carbonyl (C=O) groups excluding carboxylic acids is 1. The van der Waals surface area contributed by atoms with E-state index in [9.17, 15) is 14.1 Å². The van der Waals surface area contributed by atoms with Crippen LogP contribution in [0.25, 0.3) is 0 Å². The van der Waals surface area contributed by atoms with E-state index < -0.39 is 9.71 Å². The number of ether oxygens (including phenoxy) is 1. The first kappa shape index (κ1) is 27.9. The van der Waals surface area contributed by atoms with Crippen molar-refractivity contribution in [1.82, 2.24) is 4.72 Å². The first-order chi connectivity index (χ1) is 19.1. The Labute approximate surface area is 243 Å². The molecule has 2 aromatic carbocycles. The van der Waals surface area contributed by atoms with Gasteiger partial charge in [0.1, 0.15) is 5.75 Å². The lowest BCUT2D eigenvalue weighted by Gasteiger charge is -2.53. The summed E-state index contributed by atoms with van der Waals surface area (Å²) in [6.45, 7) is 4.33. The van der Waals surface area contributed by atoms with Crippen LogP contribution >= 0.6 is 11.6 Å². The lowest BCUT2D eigenvalue weighted by atomic mass is 9.57. The predicted molar refractivity (Wildman–Crippen MR) is 163 cm³/mol. The van der Waals surface area contributed by atoms with Crippen LogP contribution in [0.4, 0.5) is 5.69 Å². The number of nitrogens with one attached hydrogen (secondary N) is 1. The number of halogens is 1. The molecular weight excluding hydrogens is 544 g/mol. The van der Waals surface area contributed by atoms with Crippen LogP contribution in [0, 0.1) is 11.3 Å². The molecule has 1 saturated carbocycles. The molecule has 2 aromatic rings. The van der Waals surface area contributed by atoms with Crippen molar-refractivity contribution in [2.75, 3.05) is 30.3 Å². The Balaban J connectivity index is 1.42. The van der Waals surface area contributed by atoms with Crippen molar-refractivity contribution in [2.24, 2.45) is 11.3 Å². The van der Waals surface area contributed by atoms with Crippen molar-refractivity contribution in [3.05, 3.63) is 58.1 Å². The van der Waals surface area contributed by atoms with Crippen LogP contribution in [0.2, 0.25) is 5.02 Å². The number of rotatable bonds is 0. The Bertz CT molecular complexity index is 1410. The number of hydrogen-bond donors (Lipinski definition) is 2. The van der Waals surface area contributed by atoms with Gasteiger partial charge in [0.15, 0.2) is 0 Å². The minimum absolute atomic E-state index is 0.148.